The fourth-order valence-electron chi connectivity index (χ4n) is 3.13. The van der Waals surface area contributed by atoms with Crippen LogP contribution in [0.1, 0.15) is 47.0 Å². The molecule has 0 aromatic carbocycles. The van der Waals surface area contributed by atoms with Gasteiger partial charge < -0.3 is 9.47 Å². The first-order valence-corrected chi connectivity index (χ1v) is 6.66. The summed E-state index contributed by atoms with van der Waals surface area (Å²) in [6.07, 6.45) is 2.12. The van der Waals surface area contributed by atoms with E-state index in [-0.39, 0.29) is 23.4 Å². The molecule has 1 aliphatic heterocycles. The van der Waals surface area contributed by atoms with E-state index in [1.807, 2.05) is 0 Å². The van der Waals surface area contributed by atoms with Crippen molar-refractivity contribution < 1.29 is 19.1 Å². The second-order valence-corrected chi connectivity index (χ2v) is 6.55. The van der Waals surface area contributed by atoms with Crippen molar-refractivity contribution in [2.75, 3.05) is 0 Å². The van der Waals surface area contributed by atoms with E-state index in [1.54, 1.807) is 0 Å². The normalized spacial score (nSPS) is 35.9. The summed E-state index contributed by atoms with van der Waals surface area (Å²) < 4.78 is 10.5. The molecule has 0 N–H and O–H groups in total. The highest BCUT2D eigenvalue weighted by Gasteiger charge is 2.50. The predicted molar refractivity (Wildman–Crippen MR) is 65.7 cm³/mol. The lowest BCUT2D eigenvalue weighted by molar-refractivity contribution is -0.160. The fraction of sp³-hybridized carbons (Fsp3) is 0.857. The fourth-order valence-corrected chi connectivity index (χ4v) is 3.13. The number of ether oxygens (including phenoxy) is 2. The van der Waals surface area contributed by atoms with Gasteiger partial charge in [0.15, 0.2) is 0 Å². The van der Waals surface area contributed by atoms with E-state index >= 15 is 0 Å². The summed E-state index contributed by atoms with van der Waals surface area (Å²) >= 11 is 0. The van der Waals surface area contributed by atoms with Crippen LogP contribution >= 0.6 is 0 Å². The van der Waals surface area contributed by atoms with Crippen molar-refractivity contribution in [3.63, 3.8) is 0 Å². The molecule has 0 bridgehead atoms. The van der Waals surface area contributed by atoms with Gasteiger partial charge in [0.1, 0.15) is 6.10 Å². The van der Waals surface area contributed by atoms with Crippen LogP contribution in [0, 0.1) is 17.3 Å². The largest absolute Gasteiger partial charge is 0.459 e. The number of rotatable bonds is 1. The summed E-state index contributed by atoms with van der Waals surface area (Å²) in [6.45, 7) is 7.99. The molecular formula is C14H22O4. The number of hydrogen-bond donors (Lipinski definition) is 0. The highest BCUT2D eigenvalue weighted by molar-refractivity contribution is 5.81. The van der Waals surface area contributed by atoms with Gasteiger partial charge in [-0.05, 0) is 30.6 Å². The van der Waals surface area contributed by atoms with Crippen molar-refractivity contribution in [2.24, 2.45) is 17.3 Å². The average molecular weight is 254 g/mol. The van der Waals surface area contributed by atoms with Gasteiger partial charge in [-0.2, -0.15) is 0 Å². The Morgan fingerprint density at radius 2 is 2.00 bits per heavy atom. The highest BCUT2D eigenvalue weighted by atomic mass is 16.6. The van der Waals surface area contributed by atoms with Gasteiger partial charge in [0.2, 0.25) is 6.10 Å². The molecule has 2 fully saturated rings. The molecule has 1 heterocycles. The van der Waals surface area contributed by atoms with Crippen LogP contribution in [0.2, 0.25) is 0 Å². The van der Waals surface area contributed by atoms with Gasteiger partial charge in [-0.1, -0.05) is 20.8 Å². The lowest BCUT2D eigenvalue weighted by Crippen LogP contribution is -2.38. The van der Waals surface area contributed by atoms with E-state index in [1.165, 1.54) is 6.92 Å². The molecule has 4 nitrogen and oxygen atoms in total. The SMILES string of the molecule is CC(=O)O[C@H]1C(=O)O[C@@H]2CC[C@H](C(C)(C)C)C[C@@H]21. The summed E-state index contributed by atoms with van der Waals surface area (Å²) in [7, 11) is 0. The Bertz CT molecular complexity index is 355. The predicted octanol–water partition coefficient (Wildman–Crippen LogP) is 2.31. The first-order valence-electron chi connectivity index (χ1n) is 6.66. The van der Waals surface area contributed by atoms with Gasteiger partial charge in [0, 0.05) is 12.8 Å². The molecular weight excluding hydrogens is 232 g/mol. The number of carbonyl (C=O) groups excluding carboxylic acids is 2. The Balaban J connectivity index is 2.11. The molecule has 0 unspecified atom stereocenters. The van der Waals surface area contributed by atoms with Gasteiger partial charge in [0.25, 0.3) is 0 Å². The summed E-state index contributed by atoms with van der Waals surface area (Å²) in [5.74, 6) is -0.184. The Morgan fingerprint density at radius 1 is 1.33 bits per heavy atom. The second kappa shape index (κ2) is 4.56. The van der Waals surface area contributed by atoms with Crippen LogP contribution in [0.25, 0.3) is 0 Å². The molecule has 18 heavy (non-hydrogen) atoms. The topological polar surface area (TPSA) is 52.6 Å². The van der Waals surface area contributed by atoms with E-state index in [0.717, 1.165) is 19.3 Å². The zero-order valence-electron chi connectivity index (χ0n) is 11.6. The minimum Gasteiger partial charge on any atom is -0.459 e. The van der Waals surface area contributed by atoms with E-state index in [2.05, 4.69) is 20.8 Å². The standard InChI is InChI=1S/C14H22O4/c1-8(15)17-12-10-7-9(14(2,3)4)5-6-11(10)18-13(12)16/h9-12H,5-7H2,1-4H3/t9-,10-,11+,12+/m0/s1. The van der Waals surface area contributed by atoms with Crippen LogP contribution in [-0.2, 0) is 19.1 Å². The molecule has 1 aliphatic carbocycles. The average Bonchev–Trinajstić information content (AvgIpc) is 2.53. The molecule has 0 spiro atoms. The third-order valence-corrected chi connectivity index (χ3v) is 4.24. The smallest absolute Gasteiger partial charge is 0.348 e. The second-order valence-electron chi connectivity index (χ2n) is 6.55. The van der Waals surface area contributed by atoms with Gasteiger partial charge in [0.05, 0.1) is 0 Å². The van der Waals surface area contributed by atoms with Gasteiger partial charge >= 0.3 is 11.9 Å². The minimum atomic E-state index is -0.683. The molecule has 4 atom stereocenters. The monoisotopic (exact) mass is 254 g/mol. The Labute approximate surface area is 108 Å². The Hall–Kier alpha value is -1.06. The third kappa shape index (κ3) is 2.52. The lowest BCUT2D eigenvalue weighted by atomic mass is 9.67. The third-order valence-electron chi connectivity index (χ3n) is 4.24. The van der Waals surface area contributed by atoms with Crippen LogP contribution in [0.3, 0.4) is 0 Å². The van der Waals surface area contributed by atoms with E-state index < -0.39 is 12.1 Å². The first kappa shape index (κ1) is 13.4. The Kier molecular flexibility index (Phi) is 3.39. The van der Waals surface area contributed by atoms with Crippen LogP contribution in [0.5, 0.6) is 0 Å². The minimum absolute atomic E-state index is 0.0411. The summed E-state index contributed by atoms with van der Waals surface area (Å²) in [5, 5.41) is 0. The van der Waals surface area contributed by atoms with Crippen molar-refractivity contribution in [1.29, 1.82) is 0 Å². The van der Waals surface area contributed by atoms with Gasteiger partial charge in [-0.25, -0.2) is 4.79 Å². The molecule has 2 aliphatic rings. The van der Waals surface area contributed by atoms with Crippen LogP contribution in [0.15, 0.2) is 0 Å². The van der Waals surface area contributed by atoms with Crippen LogP contribution in [0.4, 0.5) is 0 Å². The number of carbonyl (C=O) groups is 2. The van der Waals surface area contributed by atoms with Gasteiger partial charge in [-0.3, -0.25) is 4.79 Å². The maximum absolute atomic E-state index is 11.7. The first-order chi connectivity index (χ1) is 8.29. The van der Waals surface area contributed by atoms with Crippen molar-refractivity contribution in [1.82, 2.24) is 0 Å². The zero-order chi connectivity index (χ0) is 13.5. The number of hydrogen-bond acceptors (Lipinski definition) is 4. The zero-order valence-corrected chi connectivity index (χ0v) is 11.6. The van der Waals surface area contributed by atoms with E-state index in [0.29, 0.717) is 5.92 Å². The summed E-state index contributed by atoms with van der Waals surface area (Å²) in [4.78, 5) is 22.8. The Morgan fingerprint density at radius 3 is 2.56 bits per heavy atom. The van der Waals surface area contributed by atoms with Crippen LogP contribution < -0.4 is 0 Å². The molecule has 1 saturated heterocycles. The molecule has 4 heteroatoms. The molecule has 0 amide bonds. The summed E-state index contributed by atoms with van der Waals surface area (Å²) in [5.41, 5.74) is 0.220. The highest BCUT2D eigenvalue weighted by Crippen LogP contribution is 2.45. The van der Waals surface area contributed by atoms with E-state index in [4.69, 9.17) is 9.47 Å². The molecule has 1 saturated carbocycles. The molecule has 102 valence electrons. The van der Waals surface area contributed by atoms with Crippen molar-refractivity contribution in [3.05, 3.63) is 0 Å². The quantitative estimate of drug-likeness (QED) is 0.674. The molecule has 0 aromatic heterocycles. The van der Waals surface area contributed by atoms with E-state index in [9.17, 15) is 9.59 Å². The number of fused-ring (bicyclic) bond motifs is 1. The van der Waals surface area contributed by atoms with Crippen molar-refractivity contribution in [2.45, 2.75) is 59.2 Å². The molecule has 0 aromatic rings. The van der Waals surface area contributed by atoms with Crippen molar-refractivity contribution in [3.8, 4) is 0 Å². The van der Waals surface area contributed by atoms with Gasteiger partial charge in [-0.15, -0.1) is 0 Å². The molecule has 0 radical (unpaired) electrons. The lowest BCUT2D eigenvalue weighted by Gasteiger charge is -2.38. The van der Waals surface area contributed by atoms with Crippen LogP contribution in [-0.4, -0.2) is 24.1 Å². The molecule has 2 rings (SSSR count). The maximum Gasteiger partial charge on any atom is 0.348 e. The number of esters is 2. The maximum atomic E-state index is 11.7. The van der Waals surface area contributed by atoms with Crippen molar-refractivity contribution >= 4 is 11.9 Å². The summed E-state index contributed by atoms with van der Waals surface area (Å²) in [6, 6.07) is 0.